The van der Waals surface area contributed by atoms with Crippen LogP contribution in [0.5, 0.6) is 0 Å². The molecule has 2 rings (SSSR count). The summed E-state index contributed by atoms with van der Waals surface area (Å²) in [7, 11) is 0. The summed E-state index contributed by atoms with van der Waals surface area (Å²) in [5.74, 6) is 0. The summed E-state index contributed by atoms with van der Waals surface area (Å²) in [6, 6.07) is 17.5. The lowest BCUT2D eigenvalue weighted by molar-refractivity contribution is 0.282. The maximum Gasteiger partial charge on any atom is 0.0681 e. The molecule has 80 valence electrons. The molecule has 0 unspecified atom stereocenters. The van der Waals surface area contributed by atoms with Crippen molar-refractivity contribution in [2.24, 2.45) is 4.99 Å². The van der Waals surface area contributed by atoms with Gasteiger partial charge in [-0.3, -0.25) is 4.99 Å². The summed E-state index contributed by atoms with van der Waals surface area (Å²) < 4.78 is 0. The van der Waals surface area contributed by atoms with Crippen LogP contribution in [-0.2, 0) is 6.61 Å². The van der Waals surface area contributed by atoms with E-state index in [-0.39, 0.29) is 6.61 Å². The highest BCUT2D eigenvalue weighted by Crippen LogP contribution is 2.12. The zero-order valence-corrected chi connectivity index (χ0v) is 8.88. The van der Waals surface area contributed by atoms with E-state index < -0.39 is 0 Å². The Morgan fingerprint density at radius 1 is 0.938 bits per heavy atom. The maximum absolute atomic E-state index is 8.90. The number of aliphatic hydroxyl groups is 1. The Morgan fingerprint density at radius 2 is 1.62 bits per heavy atom. The average molecular weight is 211 g/mol. The van der Waals surface area contributed by atoms with Crippen molar-refractivity contribution in [2.45, 2.75) is 6.61 Å². The largest absolute Gasteiger partial charge is 0.392 e. The van der Waals surface area contributed by atoms with E-state index in [2.05, 4.69) is 4.99 Å². The lowest BCUT2D eigenvalue weighted by atomic mass is 10.2. The Morgan fingerprint density at radius 3 is 2.25 bits per heavy atom. The van der Waals surface area contributed by atoms with E-state index in [0.29, 0.717) is 0 Å². The zero-order valence-electron chi connectivity index (χ0n) is 8.88. The second kappa shape index (κ2) is 5.24. The van der Waals surface area contributed by atoms with Crippen LogP contribution in [0.4, 0.5) is 5.69 Å². The molecule has 0 fully saturated rings. The molecule has 0 radical (unpaired) electrons. The molecule has 2 heteroatoms. The fourth-order valence-corrected chi connectivity index (χ4v) is 1.38. The van der Waals surface area contributed by atoms with Crippen LogP contribution in [0.1, 0.15) is 11.1 Å². The molecule has 0 aliphatic rings. The van der Waals surface area contributed by atoms with Crippen molar-refractivity contribution in [3.63, 3.8) is 0 Å². The zero-order chi connectivity index (χ0) is 11.2. The van der Waals surface area contributed by atoms with Crippen LogP contribution in [0.25, 0.3) is 0 Å². The van der Waals surface area contributed by atoms with Crippen LogP contribution in [0.2, 0.25) is 0 Å². The minimum atomic E-state index is 0.0721. The molecule has 0 saturated carbocycles. The molecule has 16 heavy (non-hydrogen) atoms. The highest BCUT2D eigenvalue weighted by atomic mass is 16.3. The topological polar surface area (TPSA) is 32.6 Å². The molecule has 0 aromatic heterocycles. The van der Waals surface area contributed by atoms with Gasteiger partial charge in [-0.2, -0.15) is 0 Å². The number of hydrogen-bond donors (Lipinski definition) is 1. The minimum Gasteiger partial charge on any atom is -0.392 e. The molecule has 2 aromatic rings. The molecular weight excluding hydrogens is 198 g/mol. The van der Waals surface area contributed by atoms with Gasteiger partial charge in [-0.1, -0.05) is 42.5 Å². The SMILES string of the molecule is OCc1ccc(N=Cc2ccccc2)cc1. The van der Waals surface area contributed by atoms with Gasteiger partial charge in [0.05, 0.1) is 12.3 Å². The average Bonchev–Trinajstić information content (AvgIpc) is 2.38. The van der Waals surface area contributed by atoms with Gasteiger partial charge in [-0.25, -0.2) is 0 Å². The van der Waals surface area contributed by atoms with Gasteiger partial charge in [0.25, 0.3) is 0 Å². The van der Waals surface area contributed by atoms with E-state index in [1.54, 1.807) is 0 Å². The number of hydrogen-bond acceptors (Lipinski definition) is 2. The summed E-state index contributed by atoms with van der Waals surface area (Å²) in [6.45, 7) is 0.0721. The van der Waals surface area contributed by atoms with E-state index in [1.807, 2.05) is 60.8 Å². The Balaban J connectivity index is 2.12. The summed E-state index contributed by atoms with van der Waals surface area (Å²) >= 11 is 0. The second-order valence-electron chi connectivity index (χ2n) is 3.49. The fourth-order valence-electron chi connectivity index (χ4n) is 1.38. The number of nitrogens with zero attached hydrogens (tertiary/aromatic N) is 1. The standard InChI is InChI=1S/C14H13NO/c16-11-13-6-8-14(9-7-13)15-10-12-4-2-1-3-5-12/h1-10,16H,11H2. The first-order valence-corrected chi connectivity index (χ1v) is 5.17. The lowest BCUT2D eigenvalue weighted by Crippen LogP contribution is -1.81. The molecule has 0 atom stereocenters. The van der Waals surface area contributed by atoms with Crippen molar-refractivity contribution in [3.05, 3.63) is 65.7 Å². The number of rotatable bonds is 3. The molecule has 0 aliphatic carbocycles. The lowest BCUT2D eigenvalue weighted by Gasteiger charge is -1.96. The molecular formula is C14H13NO. The summed E-state index contributed by atoms with van der Waals surface area (Å²) in [6.07, 6.45) is 1.83. The first kappa shape index (κ1) is 10.6. The van der Waals surface area contributed by atoms with Crippen LogP contribution in [0, 0.1) is 0 Å². The Bertz CT molecular complexity index is 460. The summed E-state index contributed by atoms with van der Waals surface area (Å²) in [5.41, 5.74) is 2.87. The number of aliphatic hydroxyl groups excluding tert-OH is 1. The first-order chi connectivity index (χ1) is 7.88. The molecule has 0 saturated heterocycles. The quantitative estimate of drug-likeness (QED) is 0.778. The van der Waals surface area contributed by atoms with Crippen LogP contribution < -0.4 is 0 Å². The van der Waals surface area contributed by atoms with Gasteiger partial charge in [0.2, 0.25) is 0 Å². The summed E-state index contributed by atoms with van der Waals surface area (Å²) in [5, 5.41) is 8.90. The van der Waals surface area contributed by atoms with E-state index in [1.165, 1.54) is 0 Å². The first-order valence-electron chi connectivity index (χ1n) is 5.17. The van der Waals surface area contributed by atoms with E-state index in [0.717, 1.165) is 16.8 Å². The van der Waals surface area contributed by atoms with Gasteiger partial charge in [-0.15, -0.1) is 0 Å². The molecule has 0 aliphatic heterocycles. The number of benzene rings is 2. The predicted octanol–water partition coefficient (Wildman–Crippen LogP) is 2.93. The van der Waals surface area contributed by atoms with Crippen molar-refractivity contribution in [1.29, 1.82) is 0 Å². The monoisotopic (exact) mass is 211 g/mol. The Labute approximate surface area is 94.9 Å². The van der Waals surface area contributed by atoms with E-state index in [4.69, 9.17) is 5.11 Å². The third-order valence-electron chi connectivity index (χ3n) is 2.28. The van der Waals surface area contributed by atoms with Crippen LogP contribution in [0.15, 0.2) is 59.6 Å². The fraction of sp³-hybridized carbons (Fsp3) is 0.0714. The maximum atomic E-state index is 8.90. The normalized spacial score (nSPS) is 10.8. The van der Waals surface area contributed by atoms with Gasteiger partial charge in [0.15, 0.2) is 0 Å². The van der Waals surface area contributed by atoms with E-state index in [9.17, 15) is 0 Å². The van der Waals surface area contributed by atoms with Crippen molar-refractivity contribution in [1.82, 2.24) is 0 Å². The third kappa shape index (κ3) is 2.78. The molecule has 2 aromatic carbocycles. The van der Waals surface area contributed by atoms with Gasteiger partial charge >= 0.3 is 0 Å². The van der Waals surface area contributed by atoms with Crippen LogP contribution >= 0.6 is 0 Å². The summed E-state index contributed by atoms with van der Waals surface area (Å²) in [4.78, 5) is 4.35. The Kier molecular flexibility index (Phi) is 3.46. The van der Waals surface area contributed by atoms with Crippen molar-refractivity contribution < 1.29 is 5.11 Å². The molecule has 0 spiro atoms. The number of aliphatic imine (C=N–C) groups is 1. The van der Waals surface area contributed by atoms with Gasteiger partial charge in [0.1, 0.15) is 0 Å². The third-order valence-corrected chi connectivity index (χ3v) is 2.28. The Hall–Kier alpha value is -1.93. The van der Waals surface area contributed by atoms with Crippen molar-refractivity contribution >= 4 is 11.9 Å². The van der Waals surface area contributed by atoms with Crippen LogP contribution in [0.3, 0.4) is 0 Å². The molecule has 0 heterocycles. The van der Waals surface area contributed by atoms with Crippen molar-refractivity contribution in [3.8, 4) is 0 Å². The predicted molar refractivity (Wildman–Crippen MR) is 66.1 cm³/mol. The molecule has 2 nitrogen and oxygen atoms in total. The second-order valence-corrected chi connectivity index (χ2v) is 3.49. The molecule has 0 amide bonds. The molecule has 1 N–H and O–H groups in total. The van der Waals surface area contributed by atoms with Crippen molar-refractivity contribution in [2.75, 3.05) is 0 Å². The highest BCUT2D eigenvalue weighted by molar-refractivity contribution is 5.81. The van der Waals surface area contributed by atoms with Crippen LogP contribution in [-0.4, -0.2) is 11.3 Å². The van der Waals surface area contributed by atoms with Gasteiger partial charge in [-0.05, 0) is 23.3 Å². The van der Waals surface area contributed by atoms with Gasteiger partial charge in [0, 0.05) is 6.21 Å². The smallest absolute Gasteiger partial charge is 0.0681 e. The molecule has 0 bridgehead atoms. The minimum absolute atomic E-state index is 0.0721. The van der Waals surface area contributed by atoms with Gasteiger partial charge < -0.3 is 5.11 Å². The van der Waals surface area contributed by atoms with E-state index >= 15 is 0 Å². The highest BCUT2D eigenvalue weighted by Gasteiger charge is 1.90.